The van der Waals surface area contributed by atoms with Crippen LogP contribution in [0.15, 0.2) is 83.5 Å². The molecule has 33 heavy (non-hydrogen) atoms. The summed E-state index contributed by atoms with van der Waals surface area (Å²) in [7, 11) is 0. The van der Waals surface area contributed by atoms with Crippen LogP contribution in [-0.4, -0.2) is 22.6 Å². The van der Waals surface area contributed by atoms with Gasteiger partial charge in [-0.05, 0) is 42.0 Å². The van der Waals surface area contributed by atoms with Crippen molar-refractivity contribution in [2.45, 2.75) is 6.54 Å². The first-order chi connectivity index (χ1) is 15.8. The molecule has 1 aliphatic heterocycles. The number of nitrogens with zero attached hydrogens (tertiary/aromatic N) is 1. The molecule has 6 nitrogen and oxygen atoms in total. The third-order valence-electron chi connectivity index (χ3n) is 4.81. The molecular weight excluding hydrogens is 485 g/mol. The standard InChI is InChI=1S/C24H16Cl3N3O3/c25-16-10-17(26)12-19(11-16)29-22(31)15-7-4-8-18(9-15)28-21-20(27)23(32)30(24(21)33)13-14-5-2-1-3-6-14/h1-12,28H,13H2,(H,29,31). The fraction of sp³-hybridized carbons (Fsp3) is 0.0417. The summed E-state index contributed by atoms with van der Waals surface area (Å²) in [4.78, 5) is 39.1. The summed E-state index contributed by atoms with van der Waals surface area (Å²) < 4.78 is 0. The lowest BCUT2D eigenvalue weighted by molar-refractivity contribution is -0.138. The van der Waals surface area contributed by atoms with Crippen molar-refractivity contribution in [1.29, 1.82) is 0 Å². The lowest BCUT2D eigenvalue weighted by atomic mass is 10.1. The molecule has 0 spiro atoms. The first-order valence-electron chi connectivity index (χ1n) is 9.76. The van der Waals surface area contributed by atoms with E-state index in [9.17, 15) is 14.4 Å². The highest BCUT2D eigenvalue weighted by molar-refractivity contribution is 6.48. The first kappa shape index (κ1) is 22.9. The molecule has 0 radical (unpaired) electrons. The third-order valence-corrected chi connectivity index (χ3v) is 5.60. The molecule has 1 aliphatic rings. The Balaban J connectivity index is 1.50. The molecule has 3 amide bonds. The maximum Gasteiger partial charge on any atom is 0.279 e. The number of nitrogens with one attached hydrogen (secondary N) is 2. The Labute approximate surface area is 204 Å². The largest absolute Gasteiger partial charge is 0.350 e. The SMILES string of the molecule is O=C(Nc1cc(Cl)cc(Cl)c1)c1cccc(NC2=C(Cl)C(=O)N(Cc3ccccc3)C2=O)c1. The Bertz CT molecular complexity index is 1270. The second-order valence-corrected chi connectivity index (χ2v) is 8.44. The molecule has 0 fully saturated rings. The van der Waals surface area contributed by atoms with Gasteiger partial charge in [-0.25, -0.2) is 0 Å². The highest BCUT2D eigenvalue weighted by Gasteiger charge is 2.37. The van der Waals surface area contributed by atoms with Crippen LogP contribution in [0.4, 0.5) is 11.4 Å². The Morgan fingerprint density at radius 3 is 2.18 bits per heavy atom. The van der Waals surface area contributed by atoms with E-state index in [-0.39, 0.29) is 17.3 Å². The van der Waals surface area contributed by atoms with Gasteiger partial charge < -0.3 is 10.6 Å². The van der Waals surface area contributed by atoms with E-state index in [1.54, 1.807) is 36.4 Å². The average molecular weight is 501 g/mol. The summed E-state index contributed by atoms with van der Waals surface area (Å²) in [5, 5.41) is 6.16. The van der Waals surface area contributed by atoms with Crippen molar-refractivity contribution in [1.82, 2.24) is 4.90 Å². The van der Waals surface area contributed by atoms with Crippen LogP contribution in [0.3, 0.4) is 0 Å². The topological polar surface area (TPSA) is 78.5 Å². The molecule has 2 N–H and O–H groups in total. The first-order valence-corrected chi connectivity index (χ1v) is 10.9. The molecule has 166 valence electrons. The Hall–Kier alpha value is -3.32. The van der Waals surface area contributed by atoms with E-state index < -0.39 is 17.7 Å². The second-order valence-electron chi connectivity index (χ2n) is 7.19. The van der Waals surface area contributed by atoms with Gasteiger partial charge in [-0.1, -0.05) is 71.2 Å². The smallest absolute Gasteiger partial charge is 0.279 e. The Morgan fingerprint density at radius 2 is 1.48 bits per heavy atom. The molecule has 0 aromatic heterocycles. The summed E-state index contributed by atoms with van der Waals surface area (Å²) in [6, 6.07) is 20.3. The van der Waals surface area contributed by atoms with Gasteiger partial charge in [-0.15, -0.1) is 0 Å². The predicted octanol–water partition coefficient (Wildman–Crippen LogP) is 5.68. The predicted molar refractivity (Wildman–Crippen MR) is 129 cm³/mol. The van der Waals surface area contributed by atoms with Crippen molar-refractivity contribution >= 4 is 63.9 Å². The summed E-state index contributed by atoms with van der Waals surface area (Å²) in [6.45, 7) is 0.102. The summed E-state index contributed by atoms with van der Waals surface area (Å²) in [5.74, 6) is -1.53. The number of hydrogen-bond acceptors (Lipinski definition) is 4. The molecule has 9 heteroatoms. The molecule has 3 aromatic rings. The summed E-state index contributed by atoms with van der Waals surface area (Å²) in [6.07, 6.45) is 0. The minimum absolute atomic E-state index is 0.0446. The van der Waals surface area contributed by atoms with Crippen molar-refractivity contribution in [3.05, 3.63) is 105 Å². The molecule has 0 saturated carbocycles. The molecule has 0 unspecified atom stereocenters. The number of hydrogen-bond donors (Lipinski definition) is 2. The Morgan fingerprint density at radius 1 is 0.788 bits per heavy atom. The van der Waals surface area contributed by atoms with Crippen molar-refractivity contribution in [2.24, 2.45) is 0 Å². The molecular formula is C24H16Cl3N3O3. The zero-order valence-corrected chi connectivity index (χ0v) is 19.2. The van der Waals surface area contributed by atoms with Gasteiger partial charge in [0.2, 0.25) is 0 Å². The molecule has 0 aliphatic carbocycles. The molecule has 1 heterocycles. The zero-order chi connectivity index (χ0) is 23.5. The van der Waals surface area contributed by atoms with E-state index in [0.717, 1.165) is 10.5 Å². The van der Waals surface area contributed by atoms with Gasteiger partial charge in [0, 0.05) is 27.0 Å². The molecule has 0 atom stereocenters. The van der Waals surface area contributed by atoms with Crippen molar-refractivity contribution in [3.63, 3.8) is 0 Å². The molecule has 3 aromatic carbocycles. The molecule has 4 rings (SSSR count). The number of carbonyl (C=O) groups is 3. The third kappa shape index (κ3) is 5.20. The van der Waals surface area contributed by atoms with Crippen LogP contribution >= 0.6 is 34.8 Å². The van der Waals surface area contributed by atoms with Gasteiger partial charge in [0.15, 0.2) is 0 Å². The van der Waals surface area contributed by atoms with E-state index in [2.05, 4.69) is 10.6 Å². The van der Waals surface area contributed by atoms with Gasteiger partial charge in [-0.2, -0.15) is 0 Å². The maximum atomic E-state index is 12.9. The average Bonchev–Trinajstić information content (AvgIpc) is 2.98. The number of anilines is 2. The number of carbonyl (C=O) groups excluding carboxylic acids is 3. The lowest BCUT2D eigenvalue weighted by Gasteiger charge is -2.15. The molecule has 0 saturated heterocycles. The van der Waals surface area contributed by atoms with Crippen LogP contribution in [0.5, 0.6) is 0 Å². The van der Waals surface area contributed by atoms with Crippen LogP contribution in [0.1, 0.15) is 15.9 Å². The number of amides is 3. The highest BCUT2D eigenvalue weighted by Crippen LogP contribution is 2.28. The van der Waals surface area contributed by atoms with Crippen molar-refractivity contribution in [2.75, 3.05) is 10.6 Å². The van der Waals surface area contributed by atoms with E-state index in [0.29, 0.717) is 27.0 Å². The van der Waals surface area contributed by atoms with E-state index in [1.807, 2.05) is 30.3 Å². The number of imide groups is 1. The fourth-order valence-electron chi connectivity index (χ4n) is 3.28. The van der Waals surface area contributed by atoms with Crippen LogP contribution in [-0.2, 0) is 16.1 Å². The second kappa shape index (κ2) is 9.67. The van der Waals surface area contributed by atoms with Gasteiger partial charge in [-0.3, -0.25) is 19.3 Å². The van der Waals surface area contributed by atoms with Crippen LogP contribution in [0.2, 0.25) is 10.0 Å². The lowest BCUT2D eigenvalue weighted by Crippen LogP contribution is -2.31. The van der Waals surface area contributed by atoms with E-state index in [1.165, 1.54) is 6.07 Å². The maximum absolute atomic E-state index is 12.9. The monoisotopic (exact) mass is 499 g/mol. The van der Waals surface area contributed by atoms with Crippen LogP contribution in [0, 0.1) is 0 Å². The summed E-state index contributed by atoms with van der Waals surface area (Å²) in [5.41, 5.74) is 1.92. The van der Waals surface area contributed by atoms with E-state index >= 15 is 0 Å². The van der Waals surface area contributed by atoms with Gasteiger partial charge >= 0.3 is 0 Å². The number of halogens is 3. The Kier molecular flexibility index (Phi) is 6.70. The molecule has 0 bridgehead atoms. The fourth-order valence-corrected chi connectivity index (χ4v) is 4.03. The van der Waals surface area contributed by atoms with Gasteiger partial charge in [0.1, 0.15) is 10.7 Å². The van der Waals surface area contributed by atoms with Crippen LogP contribution < -0.4 is 10.6 Å². The normalized spacial score (nSPS) is 13.5. The van der Waals surface area contributed by atoms with E-state index in [4.69, 9.17) is 34.8 Å². The summed E-state index contributed by atoms with van der Waals surface area (Å²) >= 11 is 18.1. The van der Waals surface area contributed by atoms with Gasteiger partial charge in [0.05, 0.1) is 6.54 Å². The van der Waals surface area contributed by atoms with Crippen LogP contribution in [0.25, 0.3) is 0 Å². The minimum Gasteiger partial charge on any atom is -0.350 e. The highest BCUT2D eigenvalue weighted by atomic mass is 35.5. The zero-order valence-electron chi connectivity index (χ0n) is 16.9. The number of rotatable bonds is 6. The quantitative estimate of drug-likeness (QED) is 0.427. The number of benzene rings is 3. The van der Waals surface area contributed by atoms with Crippen molar-refractivity contribution in [3.8, 4) is 0 Å². The minimum atomic E-state index is -0.584. The van der Waals surface area contributed by atoms with Crippen molar-refractivity contribution < 1.29 is 14.4 Å². The van der Waals surface area contributed by atoms with Gasteiger partial charge in [0.25, 0.3) is 17.7 Å².